The third kappa shape index (κ3) is 10.8. The van der Waals surface area contributed by atoms with Crippen molar-refractivity contribution in [2.45, 2.75) is 90.2 Å². The van der Waals surface area contributed by atoms with E-state index in [9.17, 15) is 14.7 Å². The van der Waals surface area contributed by atoms with Crippen LogP contribution in [-0.2, 0) is 19.1 Å². The van der Waals surface area contributed by atoms with Gasteiger partial charge in [0.25, 0.3) is 0 Å². The van der Waals surface area contributed by atoms with Gasteiger partial charge in [-0.1, -0.05) is 31.4 Å². The van der Waals surface area contributed by atoms with E-state index in [1.54, 1.807) is 13.8 Å². The third-order valence-electron chi connectivity index (χ3n) is 5.19. The molecular weight excluding hydrogens is 358 g/mol. The summed E-state index contributed by atoms with van der Waals surface area (Å²) >= 11 is 0. The maximum atomic E-state index is 12.2. The Bertz CT molecular complexity index is 460. The second-order valence-electron chi connectivity index (χ2n) is 7.42. The van der Waals surface area contributed by atoms with E-state index in [1.165, 1.54) is 19.3 Å². The molecule has 6 nitrogen and oxygen atoms in total. The number of nitrogens with one attached hydrogen (secondary N) is 1. The van der Waals surface area contributed by atoms with Crippen molar-refractivity contribution >= 4 is 11.9 Å². The van der Waals surface area contributed by atoms with Gasteiger partial charge in [0.1, 0.15) is 6.04 Å². The summed E-state index contributed by atoms with van der Waals surface area (Å²) in [6.07, 6.45) is 12.7. The molecule has 1 aliphatic rings. The van der Waals surface area contributed by atoms with Gasteiger partial charge in [-0.15, -0.1) is 0 Å². The number of unbranched alkanes of at least 4 members (excludes halogenated alkanes) is 1. The van der Waals surface area contributed by atoms with Crippen LogP contribution in [0.15, 0.2) is 12.2 Å². The number of hydrogen-bond donors (Lipinski definition) is 2. The molecule has 0 aromatic heterocycles. The molecule has 1 rings (SSSR count). The molecule has 0 aromatic rings. The second kappa shape index (κ2) is 15.5. The summed E-state index contributed by atoms with van der Waals surface area (Å²) in [4.78, 5) is 23.5. The monoisotopic (exact) mass is 397 g/mol. The lowest BCUT2D eigenvalue weighted by atomic mass is 9.84. The van der Waals surface area contributed by atoms with Crippen molar-refractivity contribution in [1.82, 2.24) is 5.32 Å². The number of allylic oxidation sites excluding steroid dienone is 1. The number of ether oxygens (including phenoxy) is 2. The van der Waals surface area contributed by atoms with Crippen LogP contribution in [0.1, 0.15) is 78.1 Å². The fraction of sp³-hybridized carbons (Fsp3) is 0.818. The average Bonchev–Trinajstić information content (AvgIpc) is 2.70. The largest absolute Gasteiger partial charge is 0.466 e. The molecule has 28 heavy (non-hydrogen) atoms. The van der Waals surface area contributed by atoms with Gasteiger partial charge in [-0.3, -0.25) is 9.59 Å². The molecule has 1 fully saturated rings. The van der Waals surface area contributed by atoms with E-state index >= 15 is 0 Å². The standard InChI is InChI=1S/C22H39NO5/c1-3-27-21(25)15-11-6-5-10-14-19(22(26)28-4-2)23-17-16-20(24)18-12-8-7-9-13-18/h5,10,18-20,23-24H,3-4,6-9,11-17H2,1-2H3/b10-5-. The minimum Gasteiger partial charge on any atom is -0.466 e. The Morgan fingerprint density at radius 1 is 1.11 bits per heavy atom. The summed E-state index contributed by atoms with van der Waals surface area (Å²) in [6.45, 7) is 4.96. The average molecular weight is 398 g/mol. The normalized spacial score (nSPS) is 17.4. The van der Waals surface area contributed by atoms with E-state index in [0.717, 1.165) is 25.7 Å². The van der Waals surface area contributed by atoms with Crippen molar-refractivity contribution < 1.29 is 24.2 Å². The van der Waals surface area contributed by atoms with E-state index < -0.39 is 6.04 Å². The highest BCUT2D eigenvalue weighted by Crippen LogP contribution is 2.27. The second-order valence-corrected chi connectivity index (χ2v) is 7.42. The first-order valence-corrected chi connectivity index (χ1v) is 11.0. The lowest BCUT2D eigenvalue weighted by Crippen LogP contribution is -2.39. The van der Waals surface area contributed by atoms with Gasteiger partial charge in [-0.25, -0.2) is 0 Å². The zero-order valence-corrected chi connectivity index (χ0v) is 17.7. The molecule has 0 bridgehead atoms. The van der Waals surface area contributed by atoms with Crippen molar-refractivity contribution in [2.24, 2.45) is 5.92 Å². The Balaban J connectivity index is 2.31. The summed E-state index contributed by atoms with van der Waals surface area (Å²) in [5.41, 5.74) is 0. The highest BCUT2D eigenvalue weighted by atomic mass is 16.5. The number of carbonyl (C=O) groups excluding carboxylic acids is 2. The SMILES string of the molecule is CCOC(=O)CCC/C=C\CC(NCCC(O)C1CCCCC1)C(=O)OCC. The van der Waals surface area contributed by atoms with Crippen LogP contribution in [-0.4, -0.2) is 48.9 Å². The molecule has 2 atom stereocenters. The maximum absolute atomic E-state index is 12.2. The Kier molecular flexibility index (Phi) is 13.7. The Morgan fingerprint density at radius 2 is 1.82 bits per heavy atom. The maximum Gasteiger partial charge on any atom is 0.323 e. The van der Waals surface area contributed by atoms with Crippen molar-refractivity contribution in [1.29, 1.82) is 0 Å². The fourth-order valence-electron chi connectivity index (χ4n) is 3.61. The summed E-state index contributed by atoms with van der Waals surface area (Å²) in [6, 6.07) is -0.403. The molecule has 0 aromatic carbocycles. The molecule has 1 aliphatic carbocycles. The predicted octanol–water partition coefficient (Wildman–Crippen LogP) is 3.52. The van der Waals surface area contributed by atoms with Crippen LogP contribution >= 0.6 is 0 Å². The molecule has 162 valence electrons. The quantitative estimate of drug-likeness (QED) is 0.265. The first kappa shape index (κ1) is 24.6. The Hall–Kier alpha value is -1.40. The molecule has 0 spiro atoms. The summed E-state index contributed by atoms with van der Waals surface area (Å²) in [5, 5.41) is 13.6. The minimum atomic E-state index is -0.403. The molecule has 0 aliphatic heterocycles. The van der Waals surface area contributed by atoms with E-state index in [1.807, 2.05) is 12.2 Å². The molecule has 2 unspecified atom stereocenters. The topological polar surface area (TPSA) is 84.9 Å². The zero-order valence-electron chi connectivity index (χ0n) is 17.7. The molecule has 2 N–H and O–H groups in total. The first-order valence-electron chi connectivity index (χ1n) is 11.0. The Labute approximate surface area is 170 Å². The number of esters is 2. The van der Waals surface area contributed by atoms with Gasteiger partial charge < -0.3 is 19.9 Å². The van der Waals surface area contributed by atoms with Gasteiger partial charge >= 0.3 is 11.9 Å². The number of rotatable bonds is 14. The van der Waals surface area contributed by atoms with E-state index in [-0.39, 0.29) is 18.0 Å². The molecule has 0 heterocycles. The van der Waals surface area contributed by atoms with Gasteiger partial charge in [0.15, 0.2) is 0 Å². The van der Waals surface area contributed by atoms with Crippen molar-refractivity contribution in [3.8, 4) is 0 Å². The Morgan fingerprint density at radius 3 is 2.50 bits per heavy atom. The number of carbonyl (C=O) groups is 2. The van der Waals surface area contributed by atoms with Gasteiger partial charge in [0.05, 0.1) is 19.3 Å². The molecule has 1 saturated carbocycles. The predicted molar refractivity (Wildman–Crippen MR) is 110 cm³/mol. The lowest BCUT2D eigenvalue weighted by molar-refractivity contribution is -0.145. The van der Waals surface area contributed by atoms with Crippen LogP contribution < -0.4 is 5.32 Å². The van der Waals surface area contributed by atoms with Gasteiger partial charge in [0, 0.05) is 6.42 Å². The summed E-state index contributed by atoms with van der Waals surface area (Å²) < 4.78 is 10.1. The summed E-state index contributed by atoms with van der Waals surface area (Å²) in [7, 11) is 0. The van der Waals surface area contributed by atoms with E-state index in [4.69, 9.17) is 9.47 Å². The van der Waals surface area contributed by atoms with Gasteiger partial charge in [-0.2, -0.15) is 0 Å². The summed E-state index contributed by atoms with van der Waals surface area (Å²) in [5.74, 6) is -0.0276. The van der Waals surface area contributed by atoms with Crippen LogP contribution in [0.2, 0.25) is 0 Å². The molecule has 0 amide bonds. The van der Waals surface area contributed by atoms with E-state index in [2.05, 4.69) is 5.32 Å². The molecule has 0 radical (unpaired) electrons. The number of hydrogen-bond acceptors (Lipinski definition) is 6. The first-order chi connectivity index (χ1) is 13.6. The smallest absolute Gasteiger partial charge is 0.323 e. The molecular formula is C22H39NO5. The molecule has 0 saturated heterocycles. The van der Waals surface area contributed by atoms with Crippen molar-refractivity contribution in [2.75, 3.05) is 19.8 Å². The van der Waals surface area contributed by atoms with Crippen molar-refractivity contribution in [3.05, 3.63) is 12.2 Å². The number of aliphatic hydroxyl groups excluding tert-OH is 1. The van der Waals surface area contributed by atoms with Crippen LogP contribution in [0.4, 0.5) is 0 Å². The van der Waals surface area contributed by atoms with Crippen LogP contribution in [0.5, 0.6) is 0 Å². The fourth-order valence-corrected chi connectivity index (χ4v) is 3.61. The van der Waals surface area contributed by atoms with Crippen molar-refractivity contribution in [3.63, 3.8) is 0 Å². The number of aliphatic hydroxyl groups is 1. The van der Waals surface area contributed by atoms with Gasteiger partial charge in [0.2, 0.25) is 0 Å². The lowest BCUT2D eigenvalue weighted by Gasteiger charge is -2.27. The van der Waals surface area contributed by atoms with Crippen LogP contribution in [0.25, 0.3) is 0 Å². The van der Waals surface area contributed by atoms with Gasteiger partial charge in [-0.05, 0) is 64.8 Å². The van der Waals surface area contributed by atoms with Crippen LogP contribution in [0, 0.1) is 5.92 Å². The minimum absolute atomic E-state index is 0.168. The zero-order chi connectivity index (χ0) is 20.6. The van der Waals surface area contributed by atoms with E-state index in [0.29, 0.717) is 44.9 Å². The molecule has 6 heteroatoms. The highest BCUT2D eigenvalue weighted by Gasteiger charge is 2.23. The van der Waals surface area contributed by atoms with Crippen LogP contribution in [0.3, 0.4) is 0 Å². The highest BCUT2D eigenvalue weighted by molar-refractivity contribution is 5.76. The third-order valence-corrected chi connectivity index (χ3v) is 5.19.